The molecule has 0 unspecified atom stereocenters. The molecule has 2 aromatic rings. The highest BCUT2D eigenvalue weighted by atomic mass is 14.9. The molecule has 1 N–H and O–H groups in total. The van der Waals surface area contributed by atoms with Crippen molar-refractivity contribution in [2.45, 2.75) is 0 Å². The van der Waals surface area contributed by atoms with Crippen LogP contribution in [-0.4, -0.2) is 15.0 Å². The molecular formula is C9H6N4. The second-order valence-corrected chi connectivity index (χ2v) is 2.45. The van der Waals surface area contributed by atoms with E-state index in [0.717, 1.165) is 5.69 Å². The fourth-order valence-electron chi connectivity index (χ4n) is 1.08. The monoisotopic (exact) mass is 170 g/mol. The maximum atomic E-state index is 8.71. The van der Waals surface area contributed by atoms with E-state index in [4.69, 9.17) is 5.26 Å². The molecule has 2 rings (SSSR count). The maximum absolute atomic E-state index is 8.71. The molecule has 62 valence electrons. The smallest absolute Gasteiger partial charge is 0.167 e. The minimum atomic E-state index is 0.374. The third-order valence-electron chi connectivity index (χ3n) is 1.67. The second-order valence-electron chi connectivity index (χ2n) is 2.45. The molecule has 0 radical (unpaired) electrons. The lowest BCUT2D eigenvalue weighted by Crippen LogP contribution is -1.85. The number of hydrogen-bond acceptors (Lipinski definition) is 3. The van der Waals surface area contributed by atoms with Crippen molar-refractivity contribution >= 4 is 0 Å². The van der Waals surface area contributed by atoms with Crippen LogP contribution in [0.5, 0.6) is 0 Å². The lowest BCUT2D eigenvalue weighted by atomic mass is 10.2. The first-order valence-corrected chi connectivity index (χ1v) is 3.76. The van der Waals surface area contributed by atoms with Crippen LogP contribution in [0, 0.1) is 11.3 Å². The van der Waals surface area contributed by atoms with Crippen molar-refractivity contribution in [2.75, 3.05) is 0 Å². The van der Waals surface area contributed by atoms with Crippen LogP contribution in [0.4, 0.5) is 0 Å². The number of aromatic amines is 1. The molecule has 0 amide bonds. The quantitative estimate of drug-likeness (QED) is 0.702. The highest BCUT2D eigenvalue weighted by Crippen LogP contribution is 2.15. The van der Waals surface area contributed by atoms with Crippen molar-refractivity contribution in [1.29, 1.82) is 5.26 Å². The Balaban J connectivity index is 2.54. The highest BCUT2D eigenvalue weighted by Gasteiger charge is 2.06. The van der Waals surface area contributed by atoms with E-state index >= 15 is 0 Å². The fourth-order valence-corrected chi connectivity index (χ4v) is 1.08. The summed E-state index contributed by atoms with van der Waals surface area (Å²) in [7, 11) is 0. The Kier molecular flexibility index (Phi) is 1.77. The second kappa shape index (κ2) is 3.07. The van der Waals surface area contributed by atoms with Crippen molar-refractivity contribution in [3.63, 3.8) is 0 Å². The molecule has 4 nitrogen and oxygen atoms in total. The molecule has 0 atom stereocenters. The Hall–Kier alpha value is -2.15. The van der Waals surface area contributed by atoms with Gasteiger partial charge in [0.1, 0.15) is 11.8 Å². The van der Waals surface area contributed by atoms with Gasteiger partial charge in [-0.2, -0.15) is 5.26 Å². The van der Waals surface area contributed by atoms with E-state index in [2.05, 4.69) is 15.0 Å². The van der Waals surface area contributed by atoms with Crippen LogP contribution in [0.2, 0.25) is 0 Å². The number of aromatic nitrogens is 3. The Morgan fingerprint density at radius 1 is 1.31 bits per heavy atom. The standard InChI is InChI=1S/C9H6N4/c10-5-8-9(13-6-12-8)7-3-1-2-4-11-7/h1-4,6H,(H,12,13). The van der Waals surface area contributed by atoms with E-state index in [0.29, 0.717) is 11.4 Å². The topological polar surface area (TPSA) is 65.4 Å². The summed E-state index contributed by atoms with van der Waals surface area (Å²) in [5.41, 5.74) is 1.78. The predicted molar refractivity (Wildman–Crippen MR) is 46.5 cm³/mol. The molecule has 0 aliphatic rings. The van der Waals surface area contributed by atoms with Crippen LogP contribution in [-0.2, 0) is 0 Å². The number of nitriles is 1. The van der Waals surface area contributed by atoms with Gasteiger partial charge in [-0.3, -0.25) is 4.98 Å². The molecule has 0 bridgehead atoms. The molecule has 2 aromatic heterocycles. The zero-order valence-corrected chi connectivity index (χ0v) is 6.73. The molecule has 4 heteroatoms. The van der Waals surface area contributed by atoms with Crippen LogP contribution < -0.4 is 0 Å². The molecule has 0 aliphatic carbocycles. The Morgan fingerprint density at radius 2 is 2.23 bits per heavy atom. The van der Waals surface area contributed by atoms with Gasteiger partial charge < -0.3 is 4.98 Å². The number of nitrogens with one attached hydrogen (secondary N) is 1. The Bertz CT molecular complexity index is 438. The molecule has 0 fully saturated rings. The number of imidazole rings is 1. The van der Waals surface area contributed by atoms with E-state index in [1.54, 1.807) is 6.20 Å². The molecule has 0 spiro atoms. The normalized spacial score (nSPS) is 9.46. The number of nitrogens with zero attached hydrogens (tertiary/aromatic N) is 3. The zero-order chi connectivity index (χ0) is 9.10. The van der Waals surface area contributed by atoms with Crippen molar-refractivity contribution < 1.29 is 0 Å². The van der Waals surface area contributed by atoms with Crippen LogP contribution in [0.1, 0.15) is 5.69 Å². The van der Waals surface area contributed by atoms with Gasteiger partial charge in [0.25, 0.3) is 0 Å². The van der Waals surface area contributed by atoms with E-state index in [9.17, 15) is 0 Å². The molecule has 0 saturated heterocycles. The van der Waals surface area contributed by atoms with E-state index in [-0.39, 0.29) is 0 Å². The third kappa shape index (κ3) is 1.27. The average molecular weight is 170 g/mol. The van der Waals surface area contributed by atoms with Crippen LogP contribution in [0.15, 0.2) is 30.7 Å². The van der Waals surface area contributed by atoms with Gasteiger partial charge in [-0.05, 0) is 12.1 Å². The molecule has 0 saturated carbocycles. The van der Waals surface area contributed by atoms with Gasteiger partial charge in [-0.15, -0.1) is 0 Å². The van der Waals surface area contributed by atoms with Crippen LogP contribution in [0.3, 0.4) is 0 Å². The summed E-state index contributed by atoms with van der Waals surface area (Å²) in [6.07, 6.45) is 3.17. The third-order valence-corrected chi connectivity index (χ3v) is 1.67. The summed E-state index contributed by atoms with van der Waals surface area (Å²) < 4.78 is 0. The number of H-pyrrole nitrogens is 1. The maximum Gasteiger partial charge on any atom is 0.167 e. The predicted octanol–water partition coefficient (Wildman–Crippen LogP) is 1.34. The van der Waals surface area contributed by atoms with Crippen molar-refractivity contribution in [3.8, 4) is 17.5 Å². The number of rotatable bonds is 1. The van der Waals surface area contributed by atoms with Gasteiger partial charge in [-0.1, -0.05) is 6.07 Å². The molecule has 0 aromatic carbocycles. The van der Waals surface area contributed by atoms with Crippen LogP contribution in [0.25, 0.3) is 11.4 Å². The largest absolute Gasteiger partial charge is 0.342 e. The van der Waals surface area contributed by atoms with E-state index in [1.165, 1.54) is 6.33 Å². The first-order chi connectivity index (χ1) is 6.42. The van der Waals surface area contributed by atoms with E-state index in [1.807, 2.05) is 24.3 Å². The minimum absolute atomic E-state index is 0.374. The van der Waals surface area contributed by atoms with Crippen LogP contribution >= 0.6 is 0 Å². The Labute approximate surface area is 74.9 Å². The molecule has 2 heterocycles. The SMILES string of the molecule is N#Cc1nc[nH]c1-c1ccccn1. The van der Waals surface area contributed by atoms with Gasteiger partial charge >= 0.3 is 0 Å². The van der Waals surface area contributed by atoms with Crippen molar-refractivity contribution in [2.24, 2.45) is 0 Å². The minimum Gasteiger partial charge on any atom is -0.342 e. The molecule has 0 aliphatic heterocycles. The fraction of sp³-hybridized carbons (Fsp3) is 0. The lowest BCUT2D eigenvalue weighted by molar-refractivity contribution is 1.27. The lowest BCUT2D eigenvalue weighted by Gasteiger charge is -1.94. The number of hydrogen-bond donors (Lipinski definition) is 1. The van der Waals surface area contributed by atoms with Gasteiger partial charge in [-0.25, -0.2) is 4.98 Å². The van der Waals surface area contributed by atoms with Gasteiger partial charge in [0.15, 0.2) is 5.69 Å². The molecular weight excluding hydrogens is 164 g/mol. The van der Waals surface area contributed by atoms with Crippen molar-refractivity contribution in [3.05, 3.63) is 36.4 Å². The van der Waals surface area contributed by atoms with Gasteiger partial charge in [0.05, 0.1) is 12.0 Å². The zero-order valence-electron chi connectivity index (χ0n) is 6.73. The summed E-state index contributed by atoms with van der Waals surface area (Å²) in [6, 6.07) is 7.51. The van der Waals surface area contributed by atoms with Gasteiger partial charge in [0.2, 0.25) is 0 Å². The summed E-state index contributed by atoms with van der Waals surface area (Å²) in [5, 5.41) is 8.71. The average Bonchev–Trinajstić information content (AvgIpc) is 2.67. The van der Waals surface area contributed by atoms with Gasteiger partial charge in [0, 0.05) is 6.20 Å². The summed E-state index contributed by atoms with van der Waals surface area (Å²) in [6.45, 7) is 0. The van der Waals surface area contributed by atoms with E-state index < -0.39 is 0 Å². The summed E-state index contributed by atoms with van der Waals surface area (Å²) in [5.74, 6) is 0. The molecule has 13 heavy (non-hydrogen) atoms. The van der Waals surface area contributed by atoms with Crippen molar-refractivity contribution in [1.82, 2.24) is 15.0 Å². The summed E-state index contributed by atoms with van der Waals surface area (Å²) in [4.78, 5) is 10.8. The first-order valence-electron chi connectivity index (χ1n) is 3.76. The highest BCUT2D eigenvalue weighted by molar-refractivity contribution is 5.60. The number of pyridine rings is 1. The first kappa shape index (κ1) is 7.50. The Morgan fingerprint density at radius 3 is 2.92 bits per heavy atom. The summed E-state index contributed by atoms with van der Waals surface area (Å²) >= 11 is 0.